The molecule has 2 aromatic carbocycles. The minimum absolute atomic E-state index is 0.420. The van der Waals surface area contributed by atoms with Gasteiger partial charge < -0.3 is 4.42 Å². The quantitative estimate of drug-likeness (QED) is 0.425. The highest BCUT2D eigenvalue weighted by Crippen LogP contribution is 2.42. The normalized spacial score (nSPS) is 11.3. The van der Waals surface area contributed by atoms with E-state index in [1.165, 1.54) is 11.3 Å². The molecule has 23 heavy (non-hydrogen) atoms. The van der Waals surface area contributed by atoms with Crippen molar-refractivity contribution in [1.29, 1.82) is 0 Å². The molecule has 0 fully saturated rings. The molecule has 6 heteroatoms. The number of aromatic nitrogens is 2. The number of aryl methyl sites for hydroxylation is 1. The van der Waals surface area contributed by atoms with Crippen molar-refractivity contribution in [2.45, 2.75) is 6.92 Å². The molecule has 0 saturated heterocycles. The maximum absolute atomic E-state index is 6.47. The third-order valence-electron chi connectivity index (χ3n) is 3.47. The summed E-state index contributed by atoms with van der Waals surface area (Å²) in [6.45, 7) is 2.02. The number of halogens is 2. The van der Waals surface area contributed by atoms with Crippen LogP contribution in [0.15, 0.2) is 46.9 Å². The molecule has 0 bridgehead atoms. The number of thiophene rings is 1. The lowest BCUT2D eigenvalue weighted by Gasteiger charge is -1.96. The fourth-order valence-electron chi connectivity index (χ4n) is 2.39. The van der Waals surface area contributed by atoms with Crippen molar-refractivity contribution >= 4 is 44.6 Å². The van der Waals surface area contributed by atoms with Gasteiger partial charge in [-0.15, -0.1) is 21.5 Å². The zero-order valence-corrected chi connectivity index (χ0v) is 14.3. The van der Waals surface area contributed by atoms with Gasteiger partial charge in [0.25, 0.3) is 5.89 Å². The van der Waals surface area contributed by atoms with E-state index in [1.807, 2.05) is 49.4 Å². The minimum atomic E-state index is 0.420. The standard InChI is InChI=1S/C17H10Cl2N2OS/c1-9-3-2-4-10(7-9)16-20-21-17(22-16)15-14(19)12-8-11(18)5-6-13(12)23-15/h2-8H,1H3. The smallest absolute Gasteiger partial charge is 0.259 e. The Kier molecular flexibility index (Phi) is 3.60. The topological polar surface area (TPSA) is 38.9 Å². The SMILES string of the molecule is Cc1cccc(-c2nnc(-c3sc4ccc(Cl)cc4c3Cl)o2)c1. The predicted octanol–water partition coefficient (Wildman–Crippen LogP) is 6.23. The highest BCUT2D eigenvalue weighted by Gasteiger charge is 2.18. The van der Waals surface area contributed by atoms with Gasteiger partial charge in [-0.2, -0.15) is 0 Å². The summed E-state index contributed by atoms with van der Waals surface area (Å²) < 4.78 is 6.85. The molecule has 4 rings (SSSR count). The van der Waals surface area contributed by atoms with Crippen molar-refractivity contribution in [1.82, 2.24) is 10.2 Å². The third kappa shape index (κ3) is 2.63. The average molecular weight is 361 g/mol. The van der Waals surface area contributed by atoms with Crippen molar-refractivity contribution in [3.63, 3.8) is 0 Å². The maximum Gasteiger partial charge on any atom is 0.259 e. The lowest BCUT2D eigenvalue weighted by molar-refractivity contribution is 0.586. The second-order valence-electron chi connectivity index (χ2n) is 5.17. The van der Waals surface area contributed by atoms with Crippen molar-refractivity contribution in [3.8, 4) is 22.2 Å². The van der Waals surface area contributed by atoms with E-state index < -0.39 is 0 Å². The van der Waals surface area contributed by atoms with Crippen LogP contribution in [-0.2, 0) is 0 Å². The Morgan fingerprint density at radius 1 is 1.00 bits per heavy atom. The number of hydrogen-bond acceptors (Lipinski definition) is 4. The zero-order chi connectivity index (χ0) is 16.0. The van der Waals surface area contributed by atoms with E-state index in [0.717, 1.165) is 26.1 Å². The first kappa shape index (κ1) is 14.7. The van der Waals surface area contributed by atoms with Gasteiger partial charge in [-0.05, 0) is 37.3 Å². The van der Waals surface area contributed by atoms with Gasteiger partial charge in [0, 0.05) is 20.7 Å². The van der Waals surface area contributed by atoms with Gasteiger partial charge >= 0.3 is 0 Å². The van der Waals surface area contributed by atoms with E-state index in [0.29, 0.717) is 21.8 Å². The van der Waals surface area contributed by atoms with Gasteiger partial charge in [-0.3, -0.25) is 0 Å². The highest BCUT2D eigenvalue weighted by atomic mass is 35.5. The molecule has 0 unspecified atom stereocenters. The Morgan fingerprint density at radius 2 is 1.83 bits per heavy atom. The first-order chi connectivity index (χ1) is 11.1. The minimum Gasteiger partial charge on any atom is -0.415 e. The van der Waals surface area contributed by atoms with Gasteiger partial charge in [0.05, 0.1) is 5.02 Å². The van der Waals surface area contributed by atoms with Crippen LogP contribution in [0.4, 0.5) is 0 Å². The molecule has 0 atom stereocenters. The van der Waals surface area contributed by atoms with E-state index in [4.69, 9.17) is 27.6 Å². The molecule has 0 amide bonds. The predicted molar refractivity (Wildman–Crippen MR) is 95.3 cm³/mol. The lowest BCUT2D eigenvalue weighted by atomic mass is 10.1. The van der Waals surface area contributed by atoms with Crippen LogP contribution in [0.5, 0.6) is 0 Å². The monoisotopic (exact) mass is 360 g/mol. The van der Waals surface area contributed by atoms with Crippen LogP contribution >= 0.6 is 34.5 Å². The summed E-state index contributed by atoms with van der Waals surface area (Å²) in [5.41, 5.74) is 2.03. The molecule has 114 valence electrons. The number of benzene rings is 2. The number of fused-ring (bicyclic) bond motifs is 1. The molecule has 0 aliphatic heterocycles. The molecule has 0 saturated carbocycles. The van der Waals surface area contributed by atoms with Gasteiger partial charge in [-0.25, -0.2) is 0 Å². The van der Waals surface area contributed by atoms with Crippen LogP contribution in [0.25, 0.3) is 32.3 Å². The summed E-state index contributed by atoms with van der Waals surface area (Å²) in [6.07, 6.45) is 0. The number of hydrogen-bond donors (Lipinski definition) is 0. The number of nitrogens with zero attached hydrogens (tertiary/aromatic N) is 2. The molecule has 0 spiro atoms. The molecule has 3 nitrogen and oxygen atoms in total. The molecule has 4 aromatic rings. The Labute approximate surface area is 146 Å². The van der Waals surface area contributed by atoms with Crippen LogP contribution < -0.4 is 0 Å². The van der Waals surface area contributed by atoms with Gasteiger partial charge in [-0.1, -0.05) is 40.9 Å². The van der Waals surface area contributed by atoms with E-state index in [-0.39, 0.29) is 0 Å². The van der Waals surface area contributed by atoms with Crippen molar-refractivity contribution in [3.05, 3.63) is 58.1 Å². The van der Waals surface area contributed by atoms with Gasteiger partial charge in [0.2, 0.25) is 5.89 Å². The molecular formula is C17H10Cl2N2OS. The van der Waals surface area contributed by atoms with E-state index >= 15 is 0 Å². The molecule has 0 aliphatic rings. The molecule has 0 radical (unpaired) electrons. The summed E-state index contributed by atoms with van der Waals surface area (Å²) >= 11 is 14.0. The molecule has 2 heterocycles. The Balaban J connectivity index is 1.82. The Hall–Kier alpha value is -1.88. The molecule has 2 aromatic heterocycles. The van der Waals surface area contributed by atoms with Crippen LogP contribution in [0, 0.1) is 6.92 Å². The van der Waals surface area contributed by atoms with Gasteiger partial charge in [0.1, 0.15) is 4.88 Å². The second-order valence-corrected chi connectivity index (χ2v) is 7.03. The van der Waals surface area contributed by atoms with Crippen molar-refractivity contribution < 1.29 is 4.42 Å². The second kappa shape index (κ2) is 5.64. The Morgan fingerprint density at radius 3 is 2.65 bits per heavy atom. The zero-order valence-electron chi connectivity index (χ0n) is 12.0. The van der Waals surface area contributed by atoms with Crippen LogP contribution in [-0.4, -0.2) is 10.2 Å². The molecular weight excluding hydrogens is 351 g/mol. The van der Waals surface area contributed by atoms with Crippen molar-refractivity contribution in [2.75, 3.05) is 0 Å². The van der Waals surface area contributed by atoms with E-state index in [9.17, 15) is 0 Å². The highest BCUT2D eigenvalue weighted by molar-refractivity contribution is 7.23. The third-order valence-corrected chi connectivity index (χ3v) is 5.37. The largest absolute Gasteiger partial charge is 0.415 e. The molecule has 0 aliphatic carbocycles. The Bertz CT molecular complexity index is 1020. The first-order valence-corrected chi connectivity index (χ1v) is 8.47. The summed E-state index contributed by atoms with van der Waals surface area (Å²) in [5.74, 6) is 0.902. The lowest BCUT2D eigenvalue weighted by Crippen LogP contribution is -1.78. The van der Waals surface area contributed by atoms with Gasteiger partial charge in [0.15, 0.2) is 0 Å². The fourth-order valence-corrected chi connectivity index (χ4v) is 3.96. The fraction of sp³-hybridized carbons (Fsp3) is 0.0588. The average Bonchev–Trinajstić information content (AvgIpc) is 3.13. The van der Waals surface area contributed by atoms with E-state index in [1.54, 1.807) is 0 Å². The molecule has 0 N–H and O–H groups in total. The van der Waals surface area contributed by atoms with Crippen molar-refractivity contribution in [2.24, 2.45) is 0 Å². The van der Waals surface area contributed by atoms with Crippen LogP contribution in [0.3, 0.4) is 0 Å². The summed E-state index contributed by atoms with van der Waals surface area (Å²) in [4.78, 5) is 0.760. The summed E-state index contributed by atoms with van der Waals surface area (Å²) in [7, 11) is 0. The number of rotatable bonds is 2. The summed E-state index contributed by atoms with van der Waals surface area (Å²) in [5, 5.41) is 10.4. The van der Waals surface area contributed by atoms with E-state index in [2.05, 4.69) is 10.2 Å². The first-order valence-electron chi connectivity index (χ1n) is 6.90. The summed E-state index contributed by atoms with van der Waals surface area (Å²) in [6, 6.07) is 13.6. The maximum atomic E-state index is 6.47. The van der Waals surface area contributed by atoms with Crippen LogP contribution in [0.2, 0.25) is 10.0 Å². The van der Waals surface area contributed by atoms with Crippen LogP contribution in [0.1, 0.15) is 5.56 Å².